The topological polar surface area (TPSA) is 45.2 Å². The molecule has 4 nitrogen and oxygen atoms in total. The molecule has 1 aliphatic heterocycles. The van der Waals surface area contributed by atoms with Gasteiger partial charge in [0.15, 0.2) is 0 Å². The number of hydrogen-bond acceptors (Lipinski definition) is 3. The summed E-state index contributed by atoms with van der Waals surface area (Å²) in [5.41, 5.74) is 1.92. The maximum Gasteiger partial charge on any atom is 0.255 e. The molecular weight excluding hydrogens is 262 g/mol. The fraction of sp³-hybridized carbons (Fsp3) is 0.294. The molecule has 0 bridgehead atoms. The SMILES string of the molecule is O=C(c1cccnc1)N1CCNCC1Cc1ccccc1. The van der Waals surface area contributed by atoms with E-state index < -0.39 is 0 Å². The number of carbonyl (C=O) groups excluding carboxylic acids is 1. The van der Waals surface area contributed by atoms with E-state index in [2.05, 4.69) is 22.4 Å². The van der Waals surface area contributed by atoms with Crippen LogP contribution in [0.2, 0.25) is 0 Å². The summed E-state index contributed by atoms with van der Waals surface area (Å²) in [6.07, 6.45) is 4.21. The average Bonchev–Trinajstić information content (AvgIpc) is 2.56. The van der Waals surface area contributed by atoms with Crippen LogP contribution in [0.4, 0.5) is 0 Å². The molecule has 4 heteroatoms. The van der Waals surface area contributed by atoms with Crippen molar-refractivity contribution < 1.29 is 4.79 Å². The summed E-state index contributed by atoms with van der Waals surface area (Å²) in [7, 11) is 0. The Balaban J connectivity index is 1.77. The summed E-state index contributed by atoms with van der Waals surface area (Å²) >= 11 is 0. The van der Waals surface area contributed by atoms with E-state index in [1.54, 1.807) is 12.4 Å². The Kier molecular flexibility index (Phi) is 4.26. The molecule has 0 spiro atoms. The highest BCUT2D eigenvalue weighted by Gasteiger charge is 2.27. The lowest BCUT2D eigenvalue weighted by Gasteiger charge is -2.36. The van der Waals surface area contributed by atoms with Gasteiger partial charge in [-0.1, -0.05) is 30.3 Å². The van der Waals surface area contributed by atoms with E-state index in [1.807, 2.05) is 35.2 Å². The molecule has 1 N–H and O–H groups in total. The number of nitrogens with one attached hydrogen (secondary N) is 1. The zero-order valence-electron chi connectivity index (χ0n) is 11.9. The monoisotopic (exact) mass is 281 g/mol. The van der Waals surface area contributed by atoms with E-state index in [0.717, 1.165) is 26.1 Å². The summed E-state index contributed by atoms with van der Waals surface area (Å²) in [6, 6.07) is 14.1. The molecule has 1 saturated heterocycles. The van der Waals surface area contributed by atoms with Gasteiger partial charge in [-0.2, -0.15) is 0 Å². The molecular formula is C17H19N3O. The van der Waals surface area contributed by atoms with Crippen LogP contribution in [0.25, 0.3) is 0 Å². The second-order valence-electron chi connectivity index (χ2n) is 5.29. The fourth-order valence-electron chi connectivity index (χ4n) is 2.75. The second kappa shape index (κ2) is 6.50. The van der Waals surface area contributed by atoms with Crippen LogP contribution in [0.5, 0.6) is 0 Å². The largest absolute Gasteiger partial charge is 0.333 e. The van der Waals surface area contributed by atoms with E-state index >= 15 is 0 Å². The smallest absolute Gasteiger partial charge is 0.255 e. The van der Waals surface area contributed by atoms with Gasteiger partial charge in [-0.25, -0.2) is 0 Å². The molecule has 0 saturated carbocycles. The van der Waals surface area contributed by atoms with Crippen LogP contribution in [-0.2, 0) is 6.42 Å². The van der Waals surface area contributed by atoms with E-state index in [1.165, 1.54) is 5.56 Å². The Labute approximate surface area is 124 Å². The van der Waals surface area contributed by atoms with E-state index in [0.29, 0.717) is 5.56 Å². The molecule has 3 rings (SSSR count). The molecule has 1 aromatic carbocycles. The normalized spacial score (nSPS) is 18.5. The van der Waals surface area contributed by atoms with Crippen molar-refractivity contribution in [3.8, 4) is 0 Å². The van der Waals surface area contributed by atoms with Gasteiger partial charge in [0.1, 0.15) is 0 Å². The lowest BCUT2D eigenvalue weighted by molar-refractivity contribution is 0.0635. The Morgan fingerprint density at radius 1 is 1.24 bits per heavy atom. The van der Waals surface area contributed by atoms with Crippen LogP contribution in [0, 0.1) is 0 Å². The van der Waals surface area contributed by atoms with Gasteiger partial charge in [0.2, 0.25) is 0 Å². The van der Waals surface area contributed by atoms with Gasteiger partial charge < -0.3 is 10.2 Å². The van der Waals surface area contributed by atoms with Gasteiger partial charge in [0, 0.05) is 38.1 Å². The molecule has 1 aliphatic rings. The summed E-state index contributed by atoms with van der Waals surface area (Å²) in [5.74, 6) is 0.0746. The first-order valence-electron chi connectivity index (χ1n) is 7.30. The number of pyridine rings is 1. The third-order valence-corrected chi connectivity index (χ3v) is 3.83. The van der Waals surface area contributed by atoms with Crippen molar-refractivity contribution in [3.05, 3.63) is 66.0 Å². The Morgan fingerprint density at radius 3 is 2.86 bits per heavy atom. The van der Waals surface area contributed by atoms with Crippen LogP contribution in [0.15, 0.2) is 54.9 Å². The molecule has 1 aromatic heterocycles. The number of piperazine rings is 1. The van der Waals surface area contributed by atoms with Gasteiger partial charge in [-0.15, -0.1) is 0 Å². The van der Waals surface area contributed by atoms with Crippen LogP contribution in [0.1, 0.15) is 15.9 Å². The number of benzene rings is 1. The highest BCUT2D eigenvalue weighted by molar-refractivity contribution is 5.94. The van der Waals surface area contributed by atoms with Crippen molar-refractivity contribution in [2.45, 2.75) is 12.5 Å². The van der Waals surface area contributed by atoms with Crippen LogP contribution >= 0.6 is 0 Å². The van der Waals surface area contributed by atoms with Crippen LogP contribution in [-0.4, -0.2) is 41.5 Å². The minimum atomic E-state index is 0.0746. The minimum absolute atomic E-state index is 0.0746. The third kappa shape index (κ3) is 3.28. The van der Waals surface area contributed by atoms with Gasteiger partial charge in [0.05, 0.1) is 5.56 Å². The molecule has 2 heterocycles. The first-order chi connectivity index (χ1) is 10.3. The number of hydrogen-bond donors (Lipinski definition) is 1. The van der Waals surface area contributed by atoms with Crippen molar-refractivity contribution in [2.24, 2.45) is 0 Å². The number of nitrogens with zero attached hydrogens (tertiary/aromatic N) is 2. The molecule has 0 aliphatic carbocycles. The minimum Gasteiger partial charge on any atom is -0.333 e. The fourth-order valence-corrected chi connectivity index (χ4v) is 2.75. The maximum absolute atomic E-state index is 12.7. The quantitative estimate of drug-likeness (QED) is 0.932. The Morgan fingerprint density at radius 2 is 2.10 bits per heavy atom. The van der Waals surface area contributed by atoms with E-state index in [9.17, 15) is 4.79 Å². The van der Waals surface area contributed by atoms with Crippen molar-refractivity contribution >= 4 is 5.91 Å². The lowest BCUT2D eigenvalue weighted by Crippen LogP contribution is -2.54. The first-order valence-corrected chi connectivity index (χ1v) is 7.30. The molecule has 0 radical (unpaired) electrons. The molecule has 1 unspecified atom stereocenters. The van der Waals surface area contributed by atoms with Crippen molar-refractivity contribution in [1.29, 1.82) is 0 Å². The summed E-state index contributed by atoms with van der Waals surface area (Å²) in [6.45, 7) is 2.42. The highest BCUT2D eigenvalue weighted by Crippen LogP contribution is 2.14. The first kappa shape index (κ1) is 13.8. The Hall–Kier alpha value is -2.20. The Bertz CT molecular complexity index is 585. The standard InChI is InChI=1S/C17H19N3O/c21-17(15-7-4-8-18-12-15)20-10-9-19-13-16(20)11-14-5-2-1-3-6-14/h1-8,12,16,19H,9-11,13H2. The molecule has 108 valence electrons. The molecule has 2 aromatic rings. The molecule has 1 fully saturated rings. The number of amides is 1. The maximum atomic E-state index is 12.7. The lowest BCUT2D eigenvalue weighted by atomic mass is 10.0. The van der Waals surface area contributed by atoms with Crippen molar-refractivity contribution in [2.75, 3.05) is 19.6 Å². The second-order valence-corrected chi connectivity index (χ2v) is 5.29. The predicted octanol–water partition coefficient (Wildman–Crippen LogP) is 1.74. The van der Waals surface area contributed by atoms with Gasteiger partial charge in [0.25, 0.3) is 5.91 Å². The highest BCUT2D eigenvalue weighted by atomic mass is 16.2. The predicted molar refractivity (Wildman–Crippen MR) is 82.1 cm³/mol. The van der Waals surface area contributed by atoms with Crippen LogP contribution < -0.4 is 5.32 Å². The van der Waals surface area contributed by atoms with E-state index in [4.69, 9.17) is 0 Å². The summed E-state index contributed by atoms with van der Waals surface area (Å²) in [4.78, 5) is 18.7. The van der Waals surface area contributed by atoms with Crippen molar-refractivity contribution in [1.82, 2.24) is 15.2 Å². The van der Waals surface area contributed by atoms with Gasteiger partial charge in [-0.05, 0) is 24.1 Å². The zero-order valence-corrected chi connectivity index (χ0v) is 11.9. The third-order valence-electron chi connectivity index (χ3n) is 3.83. The number of aromatic nitrogens is 1. The van der Waals surface area contributed by atoms with E-state index in [-0.39, 0.29) is 11.9 Å². The molecule has 1 atom stereocenters. The molecule has 1 amide bonds. The van der Waals surface area contributed by atoms with Gasteiger partial charge >= 0.3 is 0 Å². The summed E-state index contributed by atoms with van der Waals surface area (Å²) < 4.78 is 0. The van der Waals surface area contributed by atoms with Gasteiger partial charge in [-0.3, -0.25) is 9.78 Å². The average molecular weight is 281 g/mol. The van der Waals surface area contributed by atoms with Crippen LogP contribution in [0.3, 0.4) is 0 Å². The molecule has 21 heavy (non-hydrogen) atoms. The summed E-state index contributed by atoms with van der Waals surface area (Å²) in [5, 5.41) is 3.38. The number of rotatable bonds is 3. The van der Waals surface area contributed by atoms with Crippen molar-refractivity contribution in [3.63, 3.8) is 0 Å². The zero-order chi connectivity index (χ0) is 14.5. The number of carbonyl (C=O) groups is 1.